The fourth-order valence-corrected chi connectivity index (χ4v) is 5.22. The monoisotopic (exact) mass is 548 g/mol. The highest BCUT2D eigenvalue weighted by Crippen LogP contribution is 2.39. The third-order valence-electron chi connectivity index (χ3n) is 6.30. The molecule has 0 N–H and O–H groups in total. The highest BCUT2D eigenvalue weighted by atomic mass is 32.2. The number of aryl methyl sites for hydroxylation is 2. The molecule has 0 radical (unpaired) electrons. The predicted molar refractivity (Wildman–Crippen MR) is 161 cm³/mol. The van der Waals surface area contributed by atoms with E-state index in [-0.39, 0.29) is 16.3 Å². The van der Waals surface area contributed by atoms with E-state index in [1.54, 1.807) is 0 Å². The van der Waals surface area contributed by atoms with Crippen molar-refractivity contribution in [3.8, 4) is 0 Å². The molecule has 0 saturated heterocycles. The third-order valence-corrected chi connectivity index (χ3v) is 7.41. The molecule has 0 aliphatic carbocycles. The molecule has 5 rings (SSSR count). The Morgan fingerprint density at radius 3 is 2.08 bits per heavy atom. The lowest BCUT2D eigenvalue weighted by Crippen LogP contribution is -2.25. The van der Waals surface area contributed by atoms with E-state index in [4.69, 9.17) is 4.99 Å². The van der Waals surface area contributed by atoms with Crippen LogP contribution in [0.1, 0.15) is 16.7 Å². The van der Waals surface area contributed by atoms with Gasteiger partial charge >= 0.3 is 0 Å². The van der Waals surface area contributed by atoms with Crippen LogP contribution >= 0.6 is 11.9 Å². The topological polar surface area (TPSA) is 102 Å². The molecule has 0 aromatic heterocycles. The molecular formula is C31H24N4O4S. The van der Waals surface area contributed by atoms with Crippen molar-refractivity contribution in [2.45, 2.75) is 18.7 Å². The zero-order valence-electron chi connectivity index (χ0n) is 21.7. The number of non-ortho nitro benzene ring substituents is 1. The van der Waals surface area contributed by atoms with Gasteiger partial charge in [0.2, 0.25) is 0 Å². The third kappa shape index (κ3) is 5.69. The molecular weight excluding hydrogens is 524 g/mol. The molecule has 9 heteroatoms. The Balaban J connectivity index is 1.76. The van der Waals surface area contributed by atoms with E-state index in [1.807, 2.05) is 109 Å². The van der Waals surface area contributed by atoms with Gasteiger partial charge in [0.15, 0.2) is 5.84 Å². The van der Waals surface area contributed by atoms with Gasteiger partial charge in [-0.05, 0) is 55.0 Å². The number of hydrogen-bond acceptors (Lipinski definition) is 6. The number of nitro benzene ring substituents is 2. The molecule has 0 atom stereocenters. The van der Waals surface area contributed by atoms with Crippen LogP contribution in [0.3, 0.4) is 0 Å². The minimum Gasteiger partial charge on any atom is -0.263 e. The van der Waals surface area contributed by atoms with Crippen molar-refractivity contribution < 1.29 is 9.85 Å². The molecule has 0 saturated carbocycles. The second kappa shape index (κ2) is 11.4. The van der Waals surface area contributed by atoms with Gasteiger partial charge in [-0.25, -0.2) is 4.99 Å². The maximum absolute atomic E-state index is 12.0. The van der Waals surface area contributed by atoms with Gasteiger partial charge in [0, 0.05) is 23.6 Å². The molecule has 198 valence electrons. The number of rotatable bonds is 7. The quantitative estimate of drug-likeness (QED) is 0.0664. The van der Waals surface area contributed by atoms with Crippen LogP contribution in [0, 0.1) is 34.1 Å². The first-order valence-electron chi connectivity index (χ1n) is 12.4. The van der Waals surface area contributed by atoms with E-state index in [1.165, 1.54) is 12.1 Å². The Bertz CT molecular complexity index is 1750. The van der Waals surface area contributed by atoms with Crippen LogP contribution in [0.2, 0.25) is 0 Å². The summed E-state index contributed by atoms with van der Waals surface area (Å²) >= 11 is 1.10. The summed E-state index contributed by atoms with van der Waals surface area (Å²) in [6.45, 7) is 3.98. The van der Waals surface area contributed by atoms with Gasteiger partial charge < -0.3 is 0 Å². The summed E-state index contributed by atoms with van der Waals surface area (Å²) in [7, 11) is 0. The Labute approximate surface area is 235 Å². The average molecular weight is 549 g/mol. The summed E-state index contributed by atoms with van der Waals surface area (Å²) in [6, 6.07) is 33.2. The molecule has 0 unspecified atom stereocenters. The van der Waals surface area contributed by atoms with Gasteiger partial charge in [-0.15, -0.1) is 0 Å². The SMILES string of the molecule is Cc1ccc(N=C(c2cccc3ccccc23)N(Sc2ccc([N+](=O)[O-])cc2[N+](=O)[O-])c2ccc(C)cc2)cc1. The van der Waals surface area contributed by atoms with Crippen LogP contribution < -0.4 is 4.31 Å². The van der Waals surface area contributed by atoms with Crippen LogP contribution in [0.15, 0.2) is 119 Å². The van der Waals surface area contributed by atoms with E-state index >= 15 is 0 Å². The molecule has 0 fully saturated rings. The molecule has 0 spiro atoms. The van der Waals surface area contributed by atoms with Crippen molar-refractivity contribution in [1.29, 1.82) is 0 Å². The summed E-state index contributed by atoms with van der Waals surface area (Å²) in [5, 5.41) is 25.4. The first kappa shape index (κ1) is 26.6. The molecule has 0 aliphatic heterocycles. The van der Waals surface area contributed by atoms with Crippen LogP contribution in [0.25, 0.3) is 10.8 Å². The molecule has 0 aliphatic rings. The summed E-state index contributed by atoms with van der Waals surface area (Å²) in [6.07, 6.45) is 0. The lowest BCUT2D eigenvalue weighted by Gasteiger charge is -2.26. The second-order valence-corrected chi connectivity index (χ2v) is 10.2. The number of anilines is 1. The molecule has 0 heterocycles. The van der Waals surface area contributed by atoms with Crippen LogP contribution in [0.5, 0.6) is 0 Å². The summed E-state index contributed by atoms with van der Waals surface area (Å²) in [4.78, 5) is 27.5. The predicted octanol–water partition coefficient (Wildman–Crippen LogP) is 8.57. The van der Waals surface area contributed by atoms with Crippen molar-refractivity contribution in [3.05, 3.63) is 146 Å². The van der Waals surface area contributed by atoms with Crippen molar-refractivity contribution in [1.82, 2.24) is 0 Å². The number of benzene rings is 5. The Hall–Kier alpha value is -5.02. The largest absolute Gasteiger partial charge is 0.291 e. The van der Waals surface area contributed by atoms with Gasteiger partial charge in [-0.2, -0.15) is 0 Å². The van der Waals surface area contributed by atoms with Gasteiger partial charge in [-0.3, -0.25) is 24.5 Å². The standard InChI is InChI=1S/C31H24N4O4S/c1-21-10-14-24(15-11-21)32-31(28-9-5-7-23-6-3-4-8-27(23)28)33(25-16-12-22(2)13-17-25)40-30-19-18-26(34(36)37)20-29(30)35(38)39/h3-20H,1-2H3. The van der Waals surface area contributed by atoms with E-state index < -0.39 is 9.85 Å². The second-order valence-electron chi connectivity index (χ2n) is 9.19. The van der Waals surface area contributed by atoms with Gasteiger partial charge in [0.05, 0.1) is 27.3 Å². The fraction of sp³-hybridized carbons (Fsp3) is 0.0645. The Morgan fingerprint density at radius 1 is 0.750 bits per heavy atom. The average Bonchev–Trinajstić information content (AvgIpc) is 2.96. The van der Waals surface area contributed by atoms with Crippen molar-refractivity contribution in [3.63, 3.8) is 0 Å². The van der Waals surface area contributed by atoms with E-state index in [0.29, 0.717) is 11.5 Å². The Morgan fingerprint density at radius 2 is 1.40 bits per heavy atom. The Kier molecular flexibility index (Phi) is 7.56. The van der Waals surface area contributed by atoms with Crippen molar-refractivity contribution in [2.75, 3.05) is 4.31 Å². The number of amidine groups is 1. The number of aliphatic imine (C=N–C) groups is 1. The first-order chi connectivity index (χ1) is 19.3. The molecule has 5 aromatic carbocycles. The highest BCUT2D eigenvalue weighted by molar-refractivity contribution is 8.01. The molecule has 0 bridgehead atoms. The van der Waals surface area contributed by atoms with Crippen LogP contribution in [-0.4, -0.2) is 15.7 Å². The molecule has 0 amide bonds. The first-order valence-corrected chi connectivity index (χ1v) is 13.2. The summed E-state index contributed by atoms with van der Waals surface area (Å²) in [5.41, 5.74) is 3.72. The van der Waals surface area contributed by atoms with E-state index in [9.17, 15) is 20.2 Å². The lowest BCUT2D eigenvalue weighted by molar-refractivity contribution is -0.396. The minimum atomic E-state index is -0.639. The maximum atomic E-state index is 12.0. The summed E-state index contributed by atoms with van der Waals surface area (Å²) in [5.74, 6) is 0.558. The van der Waals surface area contributed by atoms with E-state index in [2.05, 4.69) is 0 Å². The smallest absolute Gasteiger partial charge is 0.263 e. The number of nitrogens with zero attached hydrogens (tertiary/aromatic N) is 4. The minimum absolute atomic E-state index is 0.244. The lowest BCUT2D eigenvalue weighted by atomic mass is 10.0. The normalized spacial score (nSPS) is 11.4. The fourth-order valence-electron chi connectivity index (χ4n) is 4.21. The van der Waals surface area contributed by atoms with Gasteiger partial charge in [0.1, 0.15) is 4.90 Å². The highest BCUT2D eigenvalue weighted by Gasteiger charge is 2.26. The van der Waals surface area contributed by atoms with Gasteiger partial charge in [0.25, 0.3) is 11.4 Å². The molecule has 8 nitrogen and oxygen atoms in total. The van der Waals surface area contributed by atoms with Crippen LogP contribution in [-0.2, 0) is 0 Å². The molecule has 5 aromatic rings. The van der Waals surface area contributed by atoms with Gasteiger partial charge in [-0.1, -0.05) is 77.9 Å². The van der Waals surface area contributed by atoms with Crippen molar-refractivity contribution >= 4 is 51.3 Å². The summed E-state index contributed by atoms with van der Waals surface area (Å²) < 4.78 is 1.84. The zero-order valence-corrected chi connectivity index (χ0v) is 22.5. The van der Waals surface area contributed by atoms with E-state index in [0.717, 1.165) is 51.2 Å². The van der Waals surface area contributed by atoms with Crippen molar-refractivity contribution in [2.24, 2.45) is 4.99 Å². The number of hydrogen-bond donors (Lipinski definition) is 0. The maximum Gasteiger partial charge on any atom is 0.291 e. The molecule has 40 heavy (non-hydrogen) atoms. The van der Waals surface area contributed by atoms with Crippen LogP contribution in [0.4, 0.5) is 22.7 Å². The number of nitro groups is 2. The zero-order chi connectivity index (χ0) is 28.2. The number of fused-ring (bicyclic) bond motifs is 1.